The van der Waals surface area contributed by atoms with Crippen LogP contribution in [0.15, 0.2) is 45.5 Å². The second kappa shape index (κ2) is 7.21. The van der Waals surface area contributed by atoms with Crippen molar-refractivity contribution in [3.05, 3.63) is 47.9 Å². The minimum absolute atomic E-state index is 0.347. The number of aromatic nitrogens is 2. The predicted octanol–water partition coefficient (Wildman–Crippen LogP) is 3.44. The molecule has 0 bridgehead atoms. The van der Waals surface area contributed by atoms with E-state index in [1.807, 2.05) is 12.1 Å². The number of furan rings is 1. The van der Waals surface area contributed by atoms with Crippen molar-refractivity contribution in [3.63, 3.8) is 0 Å². The van der Waals surface area contributed by atoms with Crippen molar-refractivity contribution in [3.8, 4) is 22.8 Å². The Kier molecular flexibility index (Phi) is 4.63. The highest BCUT2D eigenvalue weighted by Gasteiger charge is 2.14. The van der Waals surface area contributed by atoms with E-state index in [-0.39, 0.29) is 0 Å². The van der Waals surface area contributed by atoms with Crippen molar-refractivity contribution in [2.75, 3.05) is 13.1 Å². The molecule has 1 aliphatic rings. The van der Waals surface area contributed by atoms with Crippen LogP contribution in [0.1, 0.15) is 30.6 Å². The average Bonchev–Trinajstić information content (AvgIpc) is 3.32. The Labute approximate surface area is 146 Å². The first-order chi connectivity index (χ1) is 12.3. The normalized spacial score (nSPS) is 15.6. The van der Waals surface area contributed by atoms with Crippen LogP contribution in [0.5, 0.6) is 0 Å². The van der Waals surface area contributed by atoms with E-state index in [1.165, 1.54) is 37.9 Å². The number of likely N-dealkylation sites (tertiary alicyclic amines) is 1. The quantitative estimate of drug-likeness (QED) is 0.767. The Morgan fingerprint density at radius 3 is 2.76 bits per heavy atom. The monoisotopic (exact) mass is 338 g/mol. The molecule has 1 saturated heterocycles. The maximum absolute atomic E-state index is 5.57. The molecule has 0 amide bonds. The highest BCUT2D eigenvalue weighted by atomic mass is 16.5. The van der Waals surface area contributed by atoms with Crippen LogP contribution in [0, 0.1) is 0 Å². The average molecular weight is 338 g/mol. The lowest BCUT2D eigenvalue weighted by Gasteiger charge is -2.26. The lowest BCUT2D eigenvalue weighted by atomic mass is 10.1. The van der Waals surface area contributed by atoms with Gasteiger partial charge >= 0.3 is 0 Å². The van der Waals surface area contributed by atoms with E-state index in [0.29, 0.717) is 24.0 Å². The van der Waals surface area contributed by atoms with Crippen LogP contribution in [0.3, 0.4) is 0 Å². The lowest BCUT2D eigenvalue weighted by molar-refractivity contribution is 0.221. The van der Waals surface area contributed by atoms with E-state index in [1.54, 1.807) is 6.26 Å². The van der Waals surface area contributed by atoms with E-state index in [2.05, 4.69) is 33.2 Å². The molecule has 2 aromatic heterocycles. The Hall–Kier alpha value is -2.44. The van der Waals surface area contributed by atoms with Crippen LogP contribution in [0.2, 0.25) is 0 Å². The Morgan fingerprint density at radius 2 is 1.96 bits per heavy atom. The molecule has 1 fully saturated rings. The largest absolute Gasteiger partial charge is 0.467 e. The van der Waals surface area contributed by atoms with Gasteiger partial charge in [0.15, 0.2) is 0 Å². The van der Waals surface area contributed by atoms with Crippen molar-refractivity contribution < 1.29 is 8.94 Å². The summed E-state index contributed by atoms with van der Waals surface area (Å²) in [6.07, 6.45) is 5.53. The molecule has 1 aromatic carbocycles. The molecule has 6 heteroatoms. The summed E-state index contributed by atoms with van der Waals surface area (Å²) in [5, 5.41) is 4.11. The number of nitrogens with two attached hydrogens (primary N) is 1. The van der Waals surface area contributed by atoms with E-state index in [4.69, 9.17) is 14.7 Å². The summed E-state index contributed by atoms with van der Waals surface area (Å²) in [5.74, 6) is 1.73. The van der Waals surface area contributed by atoms with Crippen LogP contribution >= 0.6 is 0 Å². The topological polar surface area (TPSA) is 81.3 Å². The maximum Gasteiger partial charge on any atom is 0.261 e. The van der Waals surface area contributed by atoms with E-state index in [0.717, 1.165) is 17.7 Å². The maximum atomic E-state index is 5.57. The molecule has 0 saturated carbocycles. The number of benzene rings is 1. The van der Waals surface area contributed by atoms with Gasteiger partial charge in [0.25, 0.3) is 5.89 Å². The van der Waals surface area contributed by atoms with Gasteiger partial charge in [-0.3, -0.25) is 4.90 Å². The van der Waals surface area contributed by atoms with Crippen molar-refractivity contribution in [2.24, 2.45) is 5.73 Å². The van der Waals surface area contributed by atoms with Crippen molar-refractivity contribution in [1.82, 2.24) is 15.0 Å². The highest BCUT2D eigenvalue weighted by molar-refractivity contribution is 5.60. The molecule has 2 N–H and O–H groups in total. The highest BCUT2D eigenvalue weighted by Crippen LogP contribution is 2.25. The summed E-state index contributed by atoms with van der Waals surface area (Å²) in [7, 11) is 0. The lowest BCUT2D eigenvalue weighted by Crippen LogP contribution is -2.29. The SMILES string of the molecule is NCc1cc(-c2nc(-c3cccc(CN4CCCCC4)c3)no2)co1. The molecule has 0 atom stereocenters. The third kappa shape index (κ3) is 3.65. The van der Waals surface area contributed by atoms with Gasteiger partial charge in [0, 0.05) is 12.1 Å². The fourth-order valence-electron chi connectivity index (χ4n) is 3.24. The Bertz CT molecular complexity index is 833. The number of hydrogen-bond donors (Lipinski definition) is 1. The minimum Gasteiger partial charge on any atom is -0.467 e. The summed E-state index contributed by atoms with van der Waals surface area (Å²) in [6.45, 7) is 3.68. The van der Waals surface area contributed by atoms with E-state index < -0.39 is 0 Å². The summed E-state index contributed by atoms with van der Waals surface area (Å²) in [4.78, 5) is 7.00. The molecule has 0 spiro atoms. The Balaban J connectivity index is 1.52. The van der Waals surface area contributed by atoms with Crippen molar-refractivity contribution in [1.29, 1.82) is 0 Å². The van der Waals surface area contributed by atoms with Crippen LogP contribution in [0.25, 0.3) is 22.8 Å². The molecule has 0 unspecified atom stereocenters. The zero-order chi connectivity index (χ0) is 17.1. The first kappa shape index (κ1) is 16.1. The van der Waals surface area contributed by atoms with Gasteiger partial charge in [0.1, 0.15) is 12.0 Å². The number of piperidine rings is 1. The number of rotatable bonds is 5. The summed E-state index contributed by atoms with van der Waals surface area (Å²) < 4.78 is 10.7. The second-order valence-electron chi connectivity index (χ2n) is 6.47. The molecule has 3 aromatic rings. The fraction of sp³-hybridized carbons (Fsp3) is 0.368. The Morgan fingerprint density at radius 1 is 1.08 bits per heavy atom. The summed E-state index contributed by atoms with van der Waals surface area (Å²) in [5.41, 5.74) is 8.56. The zero-order valence-corrected chi connectivity index (χ0v) is 14.1. The van der Waals surface area contributed by atoms with Gasteiger partial charge in [-0.15, -0.1) is 0 Å². The van der Waals surface area contributed by atoms with E-state index >= 15 is 0 Å². The first-order valence-electron chi connectivity index (χ1n) is 8.75. The first-order valence-corrected chi connectivity index (χ1v) is 8.75. The van der Waals surface area contributed by atoms with Crippen LogP contribution in [-0.4, -0.2) is 28.1 Å². The standard InChI is InChI=1S/C19H22N4O2/c20-11-17-10-16(13-24-17)19-21-18(22-25-19)15-6-4-5-14(9-15)12-23-7-2-1-3-8-23/h4-6,9-10,13H,1-3,7-8,11-12,20H2. The zero-order valence-electron chi connectivity index (χ0n) is 14.1. The second-order valence-corrected chi connectivity index (χ2v) is 6.47. The van der Waals surface area contributed by atoms with E-state index in [9.17, 15) is 0 Å². The molecule has 1 aliphatic heterocycles. The molecular weight excluding hydrogens is 316 g/mol. The summed E-state index contributed by atoms with van der Waals surface area (Å²) in [6, 6.07) is 10.2. The van der Waals surface area contributed by atoms with Gasteiger partial charge in [0.2, 0.25) is 5.82 Å². The van der Waals surface area contributed by atoms with Gasteiger partial charge in [-0.25, -0.2) is 0 Å². The van der Waals surface area contributed by atoms with Crippen LogP contribution in [0.4, 0.5) is 0 Å². The molecule has 3 heterocycles. The van der Waals surface area contributed by atoms with Gasteiger partial charge in [-0.2, -0.15) is 4.98 Å². The van der Waals surface area contributed by atoms with Crippen molar-refractivity contribution in [2.45, 2.75) is 32.4 Å². The number of nitrogens with zero attached hydrogens (tertiary/aromatic N) is 3. The minimum atomic E-state index is 0.347. The predicted molar refractivity (Wildman–Crippen MR) is 94.5 cm³/mol. The number of hydrogen-bond acceptors (Lipinski definition) is 6. The fourth-order valence-corrected chi connectivity index (χ4v) is 3.24. The summed E-state index contributed by atoms with van der Waals surface area (Å²) >= 11 is 0. The smallest absolute Gasteiger partial charge is 0.261 e. The third-order valence-electron chi connectivity index (χ3n) is 4.57. The van der Waals surface area contributed by atoms with Gasteiger partial charge in [0.05, 0.1) is 12.1 Å². The van der Waals surface area contributed by atoms with Crippen LogP contribution in [-0.2, 0) is 13.1 Å². The molecule has 0 aliphatic carbocycles. The molecule has 0 radical (unpaired) electrons. The van der Waals surface area contributed by atoms with Crippen LogP contribution < -0.4 is 5.73 Å². The molecule has 4 rings (SSSR count). The molecule has 6 nitrogen and oxygen atoms in total. The van der Waals surface area contributed by atoms with Crippen molar-refractivity contribution >= 4 is 0 Å². The third-order valence-corrected chi connectivity index (χ3v) is 4.57. The van der Waals surface area contributed by atoms with Gasteiger partial charge in [-0.05, 0) is 43.6 Å². The molecular formula is C19H22N4O2. The molecule has 25 heavy (non-hydrogen) atoms. The van der Waals surface area contributed by atoms with Gasteiger partial charge in [-0.1, -0.05) is 29.8 Å². The molecule has 130 valence electrons. The van der Waals surface area contributed by atoms with Gasteiger partial charge < -0.3 is 14.7 Å².